The normalized spacial score (nSPS) is 11.4. The zero-order valence-electron chi connectivity index (χ0n) is 10.1. The number of aromatic nitrogens is 4. The van der Waals surface area contributed by atoms with Gasteiger partial charge < -0.3 is 5.11 Å². The summed E-state index contributed by atoms with van der Waals surface area (Å²) in [5.41, 5.74) is 0.807. The number of nitrogens with zero attached hydrogens (tertiary/aromatic N) is 4. The molecule has 0 atom stereocenters. The van der Waals surface area contributed by atoms with E-state index in [0.29, 0.717) is 0 Å². The van der Waals surface area contributed by atoms with Gasteiger partial charge in [0.25, 0.3) is 0 Å². The van der Waals surface area contributed by atoms with Crippen LogP contribution in [0.1, 0.15) is 24.9 Å². The van der Waals surface area contributed by atoms with E-state index < -0.39 is 0 Å². The van der Waals surface area contributed by atoms with Gasteiger partial charge in [0, 0.05) is 30.4 Å². The molecule has 3 aromatic heterocycles. The molecule has 0 aliphatic rings. The van der Waals surface area contributed by atoms with Crippen molar-refractivity contribution in [3.63, 3.8) is 0 Å². The van der Waals surface area contributed by atoms with Gasteiger partial charge in [-0.25, -0.2) is 9.97 Å². The van der Waals surface area contributed by atoms with Crippen molar-refractivity contribution in [1.82, 2.24) is 18.9 Å². The monoisotopic (exact) mass is 262 g/mol. The maximum atomic E-state index is 9.55. The fourth-order valence-corrected chi connectivity index (χ4v) is 2.82. The van der Waals surface area contributed by atoms with Crippen LogP contribution in [-0.2, 0) is 13.0 Å². The van der Waals surface area contributed by atoms with Crippen LogP contribution in [0.15, 0.2) is 24.0 Å². The van der Waals surface area contributed by atoms with Gasteiger partial charge >= 0.3 is 0 Å². The summed E-state index contributed by atoms with van der Waals surface area (Å²) in [7, 11) is 0. The lowest BCUT2D eigenvalue weighted by molar-refractivity contribution is 0.275. The van der Waals surface area contributed by atoms with Gasteiger partial charge in [-0.05, 0) is 6.42 Å². The van der Waals surface area contributed by atoms with Crippen LogP contribution in [0.3, 0.4) is 0 Å². The molecule has 0 bridgehead atoms. The molecular weight excluding hydrogens is 248 g/mol. The summed E-state index contributed by atoms with van der Waals surface area (Å²) in [5.74, 6) is 1.77. The SMILES string of the molecule is CCCc1nccn1-c1nc2sccn2c1CO. The zero-order chi connectivity index (χ0) is 12.5. The van der Waals surface area contributed by atoms with E-state index in [1.807, 2.05) is 26.7 Å². The fourth-order valence-electron chi connectivity index (χ4n) is 2.10. The van der Waals surface area contributed by atoms with Crippen molar-refractivity contribution in [3.05, 3.63) is 35.5 Å². The number of aliphatic hydroxyl groups is 1. The molecule has 5 nitrogen and oxygen atoms in total. The lowest BCUT2D eigenvalue weighted by Gasteiger charge is -2.05. The second-order valence-electron chi connectivity index (χ2n) is 4.06. The highest BCUT2D eigenvalue weighted by molar-refractivity contribution is 7.15. The van der Waals surface area contributed by atoms with Gasteiger partial charge in [-0.2, -0.15) is 0 Å². The molecule has 0 fully saturated rings. The predicted octanol–water partition coefficient (Wildman–Crippen LogP) is 2.03. The molecule has 0 saturated heterocycles. The Kier molecular flexibility index (Phi) is 2.89. The molecule has 0 aliphatic carbocycles. The molecule has 3 rings (SSSR count). The first-order valence-electron chi connectivity index (χ1n) is 5.93. The summed E-state index contributed by atoms with van der Waals surface area (Å²) < 4.78 is 3.89. The standard InChI is InChI=1S/C12H14N4OS/c1-2-3-10-13-4-5-16(10)11-9(8-17)15-6-7-18-12(15)14-11/h4-7,17H,2-3,8H2,1H3. The van der Waals surface area contributed by atoms with Gasteiger partial charge in [0.1, 0.15) is 5.82 Å². The van der Waals surface area contributed by atoms with Crippen molar-refractivity contribution in [2.45, 2.75) is 26.4 Å². The molecule has 3 heterocycles. The molecule has 3 aromatic rings. The molecular formula is C12H14N4OS. The number of thiazole rings is 1. The van der Waals surface area contributed by atoms with E-state index in [0.717, 1.165) is 35.1 Å². The Hall–Kier alpha value is -1.66. The van der Waals surface area contributed by atoms with Gasteiger partial charge in [-0.1, -0.05) is 6.92 Å². The maximum Gasteiger partial charge on any atom is 0.195 e. The van der Waals surface area contributed by atoms with E-state index in [-0.39, 0.29) is 6.61 Å². The first-order chi connectivity index (χ1) is 8.85. The Balaban J connectivity index is 2.17. The van der Waals surface area contributed by atoms with Gasteiger partial charge in [0.05, 0.1) is 12.3 Å². The maximum absolute atomic E-state index is 9.55. The van der Waals surface area contributed by atoms with Crippen LogP contribution >= 0.6 is 11.3 Å². The molecule has 94 valence electrons. The quantitative estimate of drug-likeness (QED) is 0.782. The molecule has 0 saturated carbocycles. The molecule has 0 radical (unpaired) electrons. The van der Waals surface area contributed by atoms with E-state index in [9.17, 15) is 5.11 Å². The minimum atomic E-state index is -0.0308. The van der Waals surface area contributed by atoms with Gasteiger partial charge in [0.15, 0.2) is 10.8 Å². The molecule has 18 heavy (non-hydrogen) atoms. The number of rotatable bonds is 4. The fraction of sp³-hybridized carbons (Fsp3) is 0.333. The number of aryl methyl sites for hydroxylation is 1. The molecule has 0 aromatic carbocycles. The second kappa shape index (κ2) is 4.55. The van der Waals surface area contributed by atoms with Crippen molar-refractivity contribution in [1.29, 1.82) is 0 Å². The first kappa shape index (κ1) is 11.4. The lowest BCUT2D eigenvalue weighted by Crippen LogP contribution is -2.04. The van der Waals surface area contributed by atoms with E-state index in [2.05, 4.69) is 16.9 Å². The number of fused-ring (bicyclic) bond motifs is 1. The highest BCUT2D eigenvalue weighted by Crippen LogP contribution is 2.22. The van der Waals surface area contributed by atoms with E-state index in [1.54, 1.807) is 17.5 Å². The molecule has 0 amide bonds. The van der Waals surface area contributed by atoms with Crippen molar-refractivity contribution in [2.75, 3.05) is 0 Å². The van der Waals surface area contributed by atoms with E-state index in [4.69, 9.17) is 0 Å². The summed E-state index contributed by atoms with van der Waals surface area (Å²) in [4.78, 5) is 9.81. The van der Waals surface area contributed by atoms with Crippen LogP contribution in [-0.4, -0.2) is 24.0 Å². The number of hydrogen-bond donors (Lipinski definition) is 1. The predicted molar refractivity (Wildman–Crippen MR) is 70.1 cm³/mol. The third-order valence-corrected chi connectivity index (χ3v) is 3.67. The van der Waals surface area contributed by atoms with Crippen molar-refractivity contribution in [3.8, 4) is 5.82 Å². The Morgan fingerprint density at radius 3 is 3.06 bits per heavy atom. The third kappa shape index (κ3) is 1.65. The van der Waals surface area contributed by atoms with Gasteiger partial charge in [0.2, 0.25) is 0 Å². The largest absolute Gasteiger partial charge is 0.390 e. The van der Waals surface area contributed by atoms with Crippen LogP contribution in [0.2, 0.25) is 0 Å². The molecule has 1 N–H and O–H groups in total. The Labute approximate surface area is 108 Å². The lowest BCUT2D eigenvalue weighted by atomic mass is 10.3. The Morgan fingerprint density at radius 2 is 2.28 bits per heavy atom. The first-order valence-corrected chi connectivity index (χ1v) is 6.81. The van der Waals surface area contributed by atoms with Crippen LogP contribution in [0.5, 0.6) is 0 Å². The smallest absolute Gasteiger partial charge is 0.195 e. The van der Waals surface area contributed by atoms with Crippen molar-refractivity contribution >= 4 is 16.3 Å². The average Bonchev–Trinajstić information content (AvgIpc) is 3.02. The van der Waals surface area contributed by atoms with Crippen LogP contribution < -0.4 is 0 Å². The minimum absolute atomic E-state index is 0.0308. The van der Waals surface area contributed by atoms with E-state index >= 15 is 0 Å². The molecule has 0 spiro atoms. The topological polar surface area (TPSA) is 55.4 Å². The minimum Gasteiger partial charge on any atom is -0.390 e. The number of imidazole rings is 2. The van der Waals surface area contributed by atoms with E-state index in [1.165, 1.54) is 0 Å². The molecule has 0 aliphatic heterocycles. The zero-order valence-corrected chi connectivity index (χ0v) is 10.9. The summed E-state index contributed by atoms with van der Waals surface area (Å²) >= 11 is 1.56. The Morgan fingerprint density at radius 1 is 1.39 bits per heavy atom. The van der Waals surface area contributed by atoms with Crippen LogP contribution in [0.25, 0.3) is 10.8 Å². The second-order valence-corrected chi connectivity index (χ2v) is 4.93. The van der Waals surface area contributed by atoms with Crippen molar-refractivity contribution < 1.29 is 5.11 Å². The third-order valence-electron chi connectivity index (χ3n) is 2.91. The summed E-state index contributed by atoms with van der Waals surface area (Å²) in [6.07, 6.45) is 7.55. The summed E-state index contributed by atoms with van der Waals surface area (Å²) in [6.45, 7) is 2.09. The highest BCUT2D eigenvalue weighted by Gasteiger charge is 2.15. The summed E-state index contributed by atoms with van der Waals surface area (Å²) in [6, 6.07) is 0. The Bertz CT molecular complexity index is 667. The summed E-state index contributed by atoms with van der Waals surface area (Å²) in [5, 5.41) is 11.5. The average molecular weight is 262 g/mol. The van der Waals surface area contributed by atoms with Crippen LogP contribution in [0, 0.1) is 0 Å². The van der Waals surface area contributed by atoms with Gasteiger partial charge in [-0.3, -0.25) is 8.97 Å². The van der Waals surface area contributed by atoms with Crippen molar-refractivity contribution in [2.24, 2.45) is 0 Å². The molecule has 6 heteroatoms. The number of hydrogen-bond acceptors (Lipinski definition) is 4. The number of aliphatic hydroxyl groups excluding tert-OH is 1. The van der Waals surface area contributed by atoms with Crippen LogP contribution in [0.4, 0.5) is 0 Å². The molecule has 0 unspecified atom stereocenters. The van der Waals surface area contributed by atoms with Gasteiger partial charge in [-0.15, -0.1) is 11.3 Å². The highest BCUT2D eigenvalue weighted by atomic mass is 32.1.